The third-order valence-corrected chi connectivity index (χ3v) is 4.73. The van der Waals surface area contributed by atoms with Gasteiger partial charge in [-0.15, -0.1) is 0 Å². The first-order valence-electron chi connectivity index (χ1n) is 9.42. The highest BCUT2D eigenvalue weighted by Gasteiger charge is 2.34. The molecule has 6 nitrogen and oxygen atoms in total. The first-order chi connectivity index (χ1) is 13.8. The van der Waals surface area contributed by atoms with E-state index in [1.807, 2.05) is 72.8 Å². The van der Waals surface area contributed by atoms with Crippen molar-refractivity contribution in [2.24, 2.45) is 4.99 Å². The van der Waals surface area contributed by atoms with Crippen molar-refractivity contribution in [3.05, 3.63) is 83.9 Å². The number of urea groups is 1. The van der Waals surface area contributed by atoms with Crippen molar-refractivity contribution in [3.63, 3.8) is 0 Å². The number of carbonyl (C=O) groups excluding carboxylic acids is 1. The van der Waals surface area contributed by atoms with Gasteiger partial charge in [-0.1, -0.05) is 66.7 Å². The molecule has 0 radical (unpaired) electrons. The van der Waals surface area contributed by atoms with Crippen LogP contribution in [-0.2, 0) is 22.7 Å². The zero-order valence-electron chi connectivity index (χ0n) is 15.5. The lowest BCUT2D eigenvalue weighted by Gasteiger charge is -2.31. The first-order valence-corrected chi connectivity index (χ1v) is 9.42. The summed E-state index contributed by atoms with van der Waals surface area (Å²) in [7, 11) is 0. The fourth-order valence-corrected chi connectivity index (χ4v) is 3.26. The average Bonchev–Trinajstić information content (AvgIpc) is 3.18. The van der Waals surface area contributed by atoms with Crippen LogP contribution >= 0.6 is 0 Å². The van der Waals surface area contributed by atoms with Gasteiger partial charge in [0.05, 0.1) is 12.6 Å². The van der Waals surface area contributed by atoms with Gasteiger partial charge >= 0.3 is 6.03 Å². The fourth-order valence-electron chi connectivity index (χ4n) is 3.26. The molecule has 1 N–H and O–H groups in total. The van der Waals surface area contributed by atoms with Crippen LogP contribution < -0.4 is 5.32 Å². The van der Waals surface area contributed by atoms with Crippen LogP contribution in [0, 0.1) is 0 Å². The SMILES string of the molecule is O=C1NCCN1C1C=CC(OCc2ccccc2)=NC1OCc1ccccc1. The number of carbonyl (C=O) groups is 1. The maximum atomic E-state index is 12.1. The Hall–Kier alpha value is -3.12. The maximum Gasteiger partial charge on any atom is 0.318 e. The molecule has 4 rings (SSSR count). The molecule has 0 saturated carbocycles. The van der Waals surface area contributed by atoms with E-state index in [9.17, 15) is 4.79 Å². The molecule has 1 saturated heterocycles. The van der Waals surface area contributed by atoms with Crippen LogP contribution in [0.15, 0.2) is 77.8 Å². The van der Waals surface area contributed by atoms with Gasteiger partial charge in [0, 0.05) is 13.1 Å². The number of nitrogens with zero attached hydrogens (tertiary/aromatic N) is 2. The number of aliphatic imine (C=N–C) groups is 1. The molecule has 0 aliphatic carbocycles. The van der Waals surface area contributed by atoms with Gasteiger partial charge in [0.2, 0.25) is 5.90 Å². The van der Waals surface area contributed by atoms with Crippen LogP contribution in [0.5, 0.6) is 0 Å². The molecule has 2 aromatic rings. The first kappa shape index (κ1) is 18.3. The van der Waals surface area contributed by atoms with E-state index < -0.39 is 6.23 Å². The lowest BCUT2D eigenvalue weighted by atomic mass is 10.1. The average molecular weight is 377 g/mol. The van der Waals surface area contributed by atoms with Crippen LogP contribution in [0.25, 0.3) is 0 Å². The van der Waals surface area contributed by atoms with Gasteiger partial charge in [0.15, 0.2) is 6.23 Å². The zero-order valence-corrected chi connectivity index (χ0v) is 15.5. The van der Waals surface area contributed by atoms with Crippen LogP contribution in [0.1, 0.15) is 11.1 Å². The van der Waals surface area contributed by atoms with Gasteiger partial charge in [0.1, 0.15) is 6.61 Å². The van der Waals surface area contributed by atoms with Crippen molar-refractivity contribution in [2.45, 2.75) is 25.5 Å². The normalized spacial score (nSPS) is 21.4. The molecule has 2 aromatic carbocycles. The summed E-state index contributed by atoms with van der Waals surface area (Å²) in [4.78, 5) is 18.5. The van der Waals surface area contributed by atoms with Crippen LogP contribution in [0.3, 0.4) is 0 Å². The minimum absolute atomic E-state index is 0.0909. The number of ether oxygens (including phenoxy) is 2. The van der Waals surface area contributed by atoms with E-state index in [1.165, 1.54) is 0 Å². The van der Waals surface area contributed by atoms with Crippen molar-refractivity contribution in [1.82, 2.24) is 10.2 Å². The monoisotopic (exact) mass is 377 g/mol. The minimum Gasteiger partial charge on any atom is -0.473 e. The number of hydrogen-bond acceptors (Lipinski definition) is 4. The molecule has 2 heterocycles. The minimum atomic E-state index is -0.514. The Morgan fingerprint density at radius 3 is 2.32 bits per heavy atom. The summed E-state index contributed by atoms with van der Waals surface area (Å²) in [5.74, 6) is 0.512. The molecule has 0 spiro atoms. The summed E-state index contributed by atoms with van der Waals surface area (Å²) in [6, 6.07) is 19.5. The predicted molar refractivity (Wildman–Crippen MR) is 107 cm³/mol. The van der Waals surface area contributed by atoms with Gasteiger partial charge in [-0.05, 0) is 17.2 Å². The molecule has 144 valence electrons. The summed E-state index contributed by atoms with van der Waals surface area (Å²) in [6.45, 7) is 2.12. The Labute approximate surface area is 164 Å². The number of benzene rings is 2. The van der Waals surface area contributed by atoms with Crippen molar-refractivity contribution in [2.75, 3.05) is 13.1 Å². The van der Waals surface area contributed by atoms with Crippen LogP contribution in [0.2, 0.25) is 0 Å². The number of amides is 2. The molecular weight excluding hydrogens is 354 g/mol. The topological polar surface area (TPSA) is 63.2 Å². The Bertz CT molecular complexity index is 852. The third-order valence-electron chi connectivity index (χ3n) is 4.73. The molecule has 0 bridgehead atoms. The summed E-state index contributed by atoms with van der Waals surface area (Å²) >= 11 is 0. The van der Waals surface area contributed by atoms with Gasteiger partial charge in [0.25, 0.3) is 0 Å². The van der Waals surface area contributed by atoms with Crippen LogP contribution in [-0.4, -0.2) is 42.2 Å². The predicted octanol–water partition coefficient (Wildman–Crippen LogP) is 3.11. The summed E-state index contributed by atoms with van der Waals surface area (Å²) in [5.41, 5.74) is 2.13. The molecule has 2 unspecified atom stereocenters. The number of rotatable bonds is 6. The zero-order chi connectivity index (χ0) is 19.2. The largest absolute Gasteiger partial charge is 0.473 e. The van der Waals surface area contributed by atoms with Gasteiger partial charge in [-0.3, -0.25) is 0 Å². The van der Waals surface area contributed by atoms with E-state index >= 15 is 0 Å². The summed E-state index contributed by atoms with van der Waals surface area (Å²) in [6.07, 6.45) is 3.25. The molecule has 6 heteroatoms. The van der Waals surface area contributed by atoms with Crippen molar-refractivity contribution in [1.29, 1.82) is 0 Å². The van der Waals surface area contributed by atoms with Gasteiger partial charge < -0.3 is 19.7 Å². The number of hydrogen-bond donors (Lipinski definition) is 1. The van der Waals surface area contributed by atoms with E-state index in [0.717, 1.165) is 11.1 Å². The summed E-state index contributed by atoms with van der Waals surface area (Å²) < 4.78 is 11.9. The molecule has 0 aromatic heterocycles. The summed E-state index contributed by atoms with van der Waals surface area (Å²) in [5, 5.41) is 2.84. The second kappa shape index (κ2) is 8.71. The Balaban J connectivity index is 1.46. The fraction of sp³-hybridized carbons (Fsp3) is 0.273. The molecule has 2 aliphatic heterocycles. The van der Waals surface area contributed by atoms with Gasteiger partial charge in [-0.25, -0.2) is 9.79 Å². The van der Waals surface area contributed by atoms with Crippen molar-refractivity contribution < 1.29 is 14.3 Å². The highest BCUT2D eigenvalue weighted by Crippen LogP contribution is 2.20. The van der Waals surface area contributed by atoms with E-state index in [-0.39, 0.29) is 12.1 Å². The molecule has 2 amide bonds. The number of dihydropyridines is 1. The molecule has 1 fully saturated rings. The highest BCUT2D eigenvalue weighted by molar-refractivity contribution is 5.89. The maximum absolute atomic E-state index is 12.1. The van der Waals surface area contributed by atoms with Crippen molar-refractivity contribution >= 4 is 11.9 Å². The smallest absolute Gasteiger partial charge is 0.318 e. The van der Waals surface area contributed by atoms with E-state index in [1.54, 1.807) is 4.90 Å². The van der Waals surface area contributed by atoms with E-state index in [0.29, 0.717) is 32.2 Å². The van der Waals surface area contributed by atoms with E-state index in [2.05, 4.69) is 10.3 Å². The van der Waals surface area contributed by atoms with Crippen LogP contribution in [0.4, 0.5) is 4.79 Å². The lowest BCUT2D eigenvalue weighted by molar-refractivity contribution is 0.00721. The molecule has 28 heavy (non-hydrogen) atoms. The second-order valence-corrected chi connectivity index (χ2v) is 6.70. The Kier molecular flexibility index (Phi) is 5.68. The van der Waals surface area contributed by atoms with Crippen molar-refractivity contribution in [3.8, 4) is 0 Å². The van der Waals surface area contributed by atoms with E-state index in [4.69, 9.17) is 9.47 Å². The second-order valence-electron chi connectivity index (χ2n) is 6.70. The Morgan fingerprint density at radius 1 is 1.00 bits per heavy atom. The molecule has 2 aliphatic rings. The lowest BCUT2D eigenvalue weighted by Crippen LogP contribution is -2.46. The standard InChI is InChI=1S/C22H23N3O3/c26-22-23-13-14-25(22)19-11-12-20(27-15-17-7-3-1-4-8-17)24-21(19)28-16-18-9-5-2-6-10-18/h1-12,19,21H,13-16H2,(H,23,26). The molecular formula is C22H23N3O3. The Morgan fingerprint density at radius 2 is 1.68 bits per heavy atom. The third kappa shape index (κ3) is 4.40. The number of nitrogens with one attached hydrogen (secondary N) is 1. The van der Waals surface area contributed by atoms with Gasteiger partial charge in [-0.2, -0.15) is 0 Å². The quantitative estimate of drug-likeness (QED) is 0.841. The molecule has 2 atom stereocenters. The highest BCUT2D eigenvalue weighted by atomic mass is 16.5.